The van der Waals surface area contributed by atoms with Crippen molar-refractivity contribution in [2.24, 2.45) is 0 Å². The maximum atomic E-state index is 6.81. The summed E-state index contributed by atoms with van der Waals surface area (Å²) in [5, 5.41) is 7.11. The molecule has 0 spiro atoms. The zero-order valence-electron chi connectivity index (χ0n) is 33.6. The molecule has 2 heterocycles. The topological polar surface area (TPSA) is 16.4 Å². The Bertz CT molecular complexity index is 3650. The van der Waals surface area contributed by atoms with Gasteiger partial charge in [0.2, 0.25) is 0 Å². The van der Waals surface area contributed by atoms with Gasteiger partial charge in [-0.2, -0.15) is 0 Å². The fourth-order valence-electron chi connectivity index (χ4n) is 10.6. The average Bonchev–Trinajstić information content (AvgIpc) is 4.02. The molecule has 0 fully saturated rings. The standard InChI is InChI=1S/C59H37NOS/c1-3-17-40(18-4-1)59(41-19-5-2-6-20-41)49-26-11-9-22-47(49)55-50(59)27-14-28-51(55)60(52-29-15-31-54-56(52)48-23-10-12-30-53(48)62-54)42-35-32-39(33-36-42)44-24-13-25-45-46-37-34-38-16-7-8-21-43(38)58(46)61-57(44)45/h1-37H. The van der Waals surface area contributed by atoms with E-state index in [0.717, 1.165) is 55.5 Å². The van der Waals surface area contributed by atoms with Gasteiger partial charge < -0.3 is 9.32 Å². The number of furan rings is 1. The lowest BCUT2D eigenvalue weighted by Crippen LogP contribution is -2.28. The Labute approximate surface area is 363 Å². The Morgan fingerprint density at radius 2 is 0.984 bits per heavy atom. The summed E-state index contributed by atoms with van der Waals surface area (Å²) in [6.45, 7) is 0. The number of rotatable bonds is 6. The molecule has 2 nitrogen and oxygen atoms in total. The van der Waals surface area contributed by atoms with Gasteiger partial charge in [0.15, 0.2) is 0 Å². The van der Waals surface area contributed by atoms with Gasteiger partial charge in [0.25, 0.3) is 0 Å². The number of para-hydroxylation sites is 1. The van der Waals surface area contributed by atoms with Crippen molar-refractivity contribution in [3.8, 4) is 22.3 Å². The van der Waals surface area contributed by atoms with E-state index in [-0.39, 0.29) is 0 Å². The number of thiophene rings is 1. The molecule has 0 radical (unpaired) electrons. The molecule has 13 rings (SSSR count). The first-order valence-corrected chi connectivity index (χ1v) is 22.1. The second-order valence-electron chi connectivity index (χ2n) is 16.3. The van der Waals surface area contributed by atoms with Gasteiger partial charge in [0, 0.05) is 53.1 Å². The minimum Gasteiger partial charge on any atom is -0.455 e. The zero-order chi connectivity index (χ0) is 40.8. The lowest BCUT2D eigenvalue weighted by Gasteiger charge is -2.34. The van der Waals surface area contributed by atoms with Crippen LogP contribution >= 0.6 is 11.3 Å². The number of hydrogen-bond donors (Lipinski definition) is 0. The van der Waals surface area contributed by atoms with Crippen LogP contribution < -0.4 is 4.90 Å². The normalized spacial score (nSPS) is 13.0. The molecule has 1 aliphatic carbocycles. The monoisotopic (exact) mass is 807 g/mol. The van der Waals surface area contributed by atoms with Crippen molar-refractivity contribution in [2.45, 2.75) is 5.41 Å². The largest absolute Gasteiger partial charge is 0.455 e. The number of fused-ring (bicyclic) bond motifs is 11. The van der Waals surface area contributed by atoms with Crippen LogP contribution in [-0.4, -0.2) is 0 Å². The Kier molecular flexibility index (Phi) is 7.72. The zero-order valence-corrected chi connectivity index (χ0v) is 34.4. The van der Waals surface area contributed by atoms with Crippen molar-refractivity contribution in [1.29, 1.82) is 0 Å². The summed E-state index contributed by atoms with van der Waals surface area (Å²) < 4.78 is 9.37. The highest BCUT2D eigenvalue weighted by Gasteiger charge is 2.47. The van der Waals surface area contributed by atoms with Crippen LogP contribution in [0.1, 0.15) is 22.3 Å². The van der Waals surface area contributed by atoms with Gasteiger partial charge in [0.05, 0.1) is 16.8 Å². The molecule has 0 saturated carbocycles. The molecule has 0 saturated heterocycles. The van der Waals surface area contributed by atoms with E-state index >= 15 is 0 Å². The molecular weight excluding hydrogens is 771 g/mol. The van der Waals surface area contributed by atoms with Crippen LogP contribution in [0.3, 0.4) is 0 Å². The van der Waals surface area contributed by atoms with E-state index in [1.54, 1.807) is 0 Å². The fraction of sp³-hybridized carbons (Fsp3) is 0.0169. The highest BCUT2D eigenvalue weighted by Crippen LogP contribution is 2.60. The summed E-state index contributed by atoms with van der Waals surface area (Å²) in [7, 11) is 0. The number of hydrogen-bond acceptors (Lipinski definition) is 3. The molecule has 0 N–H and O–H groups in total. The lowest BCUT2D eigenvalue weighted by molar-refractivity contribution is 0.674. The van der Waals surface area contributed by atoms with E-state index in [0.29, 0.717) is 0 Å². The van der Waals surface area contributed by atoms with Crippen molar-refractivity contribution in [1.82, 2.24) is 0 Å². The molecule has 2 aromatic heterocycles. The second kappa shape index (κ2) is 13.7. The number of benzene rings is 10. The predicted octanol–water partition coefficient (Wildman–Crippen LogP) is 16.6. The minimum atomic E-state index is -0.516. The van der Waals surface area contributed by atoms with E-state index < -0.39 is 5.41 Å². The van der Waals surface area contributed by atoms with E-state index in [1.165, 1.54) is 58.9 Å². The Hall–Kier alpha value is -7.72. The molecular formula is C59H37NOS. The minimum absolute atomic E-state index is 0.516. The molecule has 0 atom stereocenters. The van der Waals surface area contributed by atoms with Gasteiger partial charge in [-0.05, 0) is 81.2 Å². The van der Waals surface area contributed by atoms with E-state index in [1.807, 2.05) is 11.3 Å². The van der Waals surface area contributed by atoms with Gasteiger partial charge in [0.1, 0.15) is 11.2 Å². The summed E-state index contributed by atoms with van der Waals surface area (Å²) in [6.07, 6.45) is 0. The summed E-state index contributed by atoms with van der Waals surface area (Å²) in [6, 6.07) is 82.3. The summed E-state index contributed by atoms with van der Waals surface area (Å²) in [4.78, 5) is 2.51. The van der Waals surface area contributed by atoms with E-state index in [4.69, 9.17) is 4.42 Å². The van der Waals surface area contributed by atoms with Crippen molar-refractivity contribution >= 4 is 81.3 Å². The van der Waals surface area contributed by atoms with Crippen molar-refractivity contribution in [3.63, 3.8) is 0 Å². The van der Waals surface area contributed by atoms with Gasteiger partial charge in [-0.1, -0.05) is 182 Å². The molecule has 12 aromatic rings. The first-order chi connectivity index (χ1) is 30.8. The predicted molar refractivity (Wildman–Crippen MR) is 262 cm³/mol. The molecule has 290 valence electrons. The van der Waals surface area contributed by atoms with Crippen LogP contribution in [0.25, 0.3) is 75.1 Å². The lowest BCUT2D eigenvalue weighted by atomic mass is 9.68. The SMILES string of the molecule is c1ccc(C2(c3ccccc3)c3ccccc3-c3c(N(c4ccc(-c5cccc6c5oc5c7ccccc7ccc65)cc4)c4cccc5sc6ccccc6c45)cccc32)cc1. The van der Waals surface area contributed by atoms with E-state index in [9.17, 15) is 0 Å². The van der Waals surface area contributed by atoms with Gasteiger partial charge >= 0.3 is 0 Å². The van der Waals surface area contributed by atoms with Crippen LogP contribution in [0.4, 0.5) is 17.1 Å². The highest BCUT2D eigenvalue weighted by atomic mass is 32.1. The van der Waals surface area contributed by atoms with Crippen LogP contribution in [0.5, 0.6) is 0 Å². The fourth-order valence-corrected chi connectivity index (χ4v) is 11.7. The molecule has 1 aliphatic rings. The van der Waals surface area contributed by atoms with Gasteiger partial charge in [-0.15, -0.1) is 11.3 Å². The summed E-state index contributed by atoms with van der Waals surface area (Å²) in [5.41, 5.74) is 14.5. The third kappa shape index (κ3) is 4.97. The van der Waals surface area contributed by atoms with Crippen molar-refractivity contribution < 1.29 is 4.42 Å². The first-order valence-electron chi connectivity index (χ1n) is 21.3. The third-order valence-electron chi connectivity index (χ3n) is 13.1. The third-order valence-corrected chi connectivity index (χ3v) is 14.3. The molecule has 0 bridgehead atoms. The quantitative estimate of drug-likeness (QED) is 0.166. The maximum Gasteiger partial charge on any atom is 0.143 e. The van der Waals surface area contributed by atoms with Crippen LogP contribution in [0.2, 0.25) is 0 Å². The van der Waals surface area contributed by atoms with E-state index in [2.05, 4.69) is 229 Å². The van der Waals surface area contributed by atoms with Crippen molar-refractivity contribution in [3.05, 3.63) is 247 Å². The molecule has 10 aromatic carbocycles. The smallest absolute Gasteiger partial charge is 0.143 e. The maximum absolute atomic E-state index is 6.81. The van der Waals surface area contributed by atoms with Crippen LogP contribution in [0.15, 0.2) is 229 Å². The number of anilines is 3. The molecule has 0 aliphatic heterocycles. The Morgan fingerprint density at radius 1 is 0.387 bits per heavy atom. The Morgan fingerprint density at radius 3 is 1.81 bits per heavy atom. The highest BCUT2D eigenvalue weighted by molar-refractivity contribution is 7.26. The van der Waals surface area contributed by atoms with Gasteiger partial charge in [-0.3, -0.25) is 0 Å². The molecule has 0 unspecified atom stereocenters. The molecule has 0 amide bonds. The first kappa shape index (κ1) is 35.1. The molecule has 62 heavy (non-hydrogen) atoms. The number of nitrogens with zero attached hydrogens (tertiary/aromatic N) is 1. The van der Waals surface area contributed by atoms with Crippen LogP contribution in [0, 0.1) is 0 Å². The summed E-state index contributed by atoms with van der Waals surface area (Å²) >= 11 is 1.86. The second-order valence-corrected chi connectivity index (χ2v) is 17.4. The van der Waals surface area contributed by atoms with Crippen molar-refractivity contribution in [2.75, 3.05) is 4.90 Å². The molecule has 3 heteroatoms. The summed E-state index contributed by atoms with van der Waals surface area (Å²) in [5.74, 6) is 0. The van der Waals surface area contributed by atoms with Gasteiger partial charge in [-0.25, -0.2) is 0 Å². The van der Waals surface area contributed by atoms with Crippen LogP contribution in [-0.2, 0) is 5.41 Å². The Balaban J connectivity index is 1.07. The average molecular weight is 808 g/mol.